The molecule has 2 aliphatic heterocycles. The summed E-state index contributed by atoms with van der Waals surface area (Å²) >= 11 is 0. The molecule has 3 heterocycles. The highest BCUT2D eigenvalue weighted by Crippen LogP contribution is 2.41. The van der Waals surface area contributed by atoms with Crippen molar-refractivity contribution in [1.82, 2.24) is 10.1 Å². The van der Waals surface area contributed by atoms with Crippen molar-refractivity contribution in [3.8, 4) is 5.75 Å². The fourth-order valence-electron chi connectivity index (χ4n) is 4.43. The number of sulfonamides is 1. The number of ether oxygens (including phenoxy) is 1. The summed E-state index contributed by atoms with van der Waals surface area (Å²) in [6.07, 6.45) is 1.25. The number of carbonyl (C=O) groups is 1. The molecule has 2 aliphatic rings. The van der Waals surface area contributed by atoms with Gasteiger partial charge < -0.3 is 9.26 Å². The molecule has 9 nitrogen and oxygen atoms in total. The molecule has 0 radical (unpaired) electrons. The van der Waals surface area contributed by atoms with E-state index in [0.717, 1.165) is 5.56 Å². The Hall–Kier alpha value is -3.40. The van der Waals surface area contributed by atoms with Crippen molar-refractivity contribution >= 4 is 27.3 Å². The third-order valence-electron chi connectivity index (χ3n) is 5.99. The maximum atomic E-state index is 13.7. The number of aromatic nitrogens is 2. The third kappa shape index (κ3) is 3.54. The quantitative estimate of drug-likeness (QED) is 0.567. The van der Waals surface area contributed by atoms with Crippen molar-refractivity contribution < 1.29 is 22.5 Å². The molecule has 0 saturated carbocycles. The van der Waals surface area contributed by atoms with E-state index in [2.05, 4.69) is 10.1 Å². The lowest BCUT2D eigenvalue weighted by Gasteiger charge is -2.30. The van der Waals surface area contributed by atoms with E-state index < -0.39 is 10.0 Å². The number of benzene rings is 2. The molecule has 0 N–H and O–H groups in total. The summed E-state index contributed by atoms with van der Waals surface area (Å²) in [6, 6.07) is 10.5. The Morgan fingerprint density at radius 3 is 2.73 bits per heavy atom. The molecule has 0 fully saturated rings. The summed E-state index contributed by atoms with van der Waals surface area (Å²) in [7, 11) is -3.85. The SMILES string of the molecule is CCc1nc(CN2C(=O)COc3cc(S(=O)(=O)N4c5ccccc5C[C@H]4C)c(C)cc32)no1. The van der Waals surface area contributed by atoms with E-state index in [9.17, 15) is 13.2 Å². The second-order valence-corrected chi connectivity index (χ2v) is 10.1. The van der Waals surface area contributed by atoms with Gasteiger partial charge in [0.2, 0.25) is 5.89 Å². The van der Waals surface area contributed by atoms with Crippen molar-refractivity contribution in [2.45, 2.75) is 51.1 Å². The normalized spacial score (nSPS) is 17.7. The van der Waals surface area contributed by atoms with Crippen LogP contribution in [0.1, 0.15) is 36.7 Å². The lowest BCUT2D eigenvalue weighted by atomic mass is 10.1. The Kier molecular flexibility index (Phi) is 5.12. The molecule has 1 atom stereocenters. The van der Waals surface area contributed by atoms with Crippen molar-refractivity contribution in [2.75, 3.05) is 15.8 Å². The Morgan fingerprint density at radius 2 is 1.97 bits per heavy atom. The minimum atomic E-state index is -3.85. The van der Waals surface area contributed by atoms with E-state index in [1.807, 2.05) is 38.1 Å². The van der Waals surface area contributed by atoms with Crippen LogP contribution in [0.3, 0.4) is 0 Å². The van der Waals surface area contributed by atoms with Gasteiger partial charge in [-0.3, -0.25) is 14.0 Å². The number of fused-ring (bicyclic) bond motifs is 2. The van der Waals surface area contributed by atoms with Gasteiger partial charge in [-0.25, -0.2) is 8.42 Å². The van der Waals surface area contributed by atoms with Crippen LogP contribution in [-0.2, 0) is 34.2 Å². The van der Waals surface area contributed by atoms with Crippen molar-refractivity contribution in [3.63, 3.8) is 0 Å². The number of para-hydroxylation sites is 1. The zero-order valence-corrected chi connectivity index (χ0v) is 19.4. The van der Waals surface area contributed by atoms with Crippen LogP contribution in [0.5, 0.6) is 5.75 Å². The van der Waals surface area contributed by atoms with Crippen LogP contribution in [0.25, 0.3) is 0 Å². The molecule has 2 aromatic carbocycles. The third-order valence-corrected chi connectivity index (χ3v) is 8.06. The van der Waals surface area contributed by atoms with Crippen LogP contribution >= 0.6 is 0 Å². The Labute approximate surface area is 192 Å². The summed E-state index contributed by atoms with van der Waals surface area (Å²) in [4.78, 5) is 18.5. The largest absolute Gasteiger partial charge is 0.482 e. The number of hydrogen-bond acceptors (Lipinski definition) is 7. The lowest BCUT2D eigenvalue weighted by Crippen LogP contribution is -2.39. The molecule has 33 heavy (non-hydrogen) atoms. The summed E-state index contributed by atoms with van der Waals surface area (Å²) in [5, 5.41) is 3.93. The number of anilines is 2. The van der Waals surface area contributed by atoms with E-state index >= 15 is 0 Å². The lowest BCUT2D eigenvalue weighted by molar-refractivity contribution is -0.121. The Morgan fingerprint density at radius 1 is 1.18 bits per heavy atom. The van der Waals surface area contributed by atoms with Crippen molar-refractivity contribution in [3.05, 3.63) is 59.2 Å². The second kappa shape index (κ2) is 7.87. The molecule has 0 bridgehead atoms. The van der Waals surface area contributed by atoms with Crippen molar-refractivity contribution in [1.29, 1.82) is 0 Å². The predicted molar refractivity (Wildman–Crippen MR) is 121 cm³/mol. The highest BCUT2D eigenvalue weighted by atomic mass is 32.2. The van der Waals surface area contributed by atoms with Gasteiger partial charge in [0.1, 0.15) is 5.75 Å². The minimum Gasteiger partial charge on any atom is -0.482 e. The molecule has 0 spiro atoms. The number of carbonyl (C=O) groups excluding carboxylic acids is 1. The summed E-state index contributed by atoms with van der Waals surface area (Å²) in [6.45, 7) is 5.44. The average Bonchev–Trinajstić information content (AvgIpc) is 3.38. The smallest absolute Gasteiger partial charge is 0.265 e. The monoisotopic (exact) mass is 468 g/mol. The summed E-state index contributed by atoms with van der Waals surface area (Å²) < 4.78 is 39.8. The van der Waals surface area contributed by atoms with Crippen LogP contribution in [0, 0.1) is 6.92 Å². The van der Waals surface area contributed by atoms with Crippen LogP contribution in [0.15, 0.2) is 45.8 Å². The average molecular weight is 469 g/mol. The first-order valence-corrected chi connectivity index (χ1v) is 12.2. The number of nitrogens with zero attached hydrogens (tertiary/aromatic N) is 4. The topological polar surface area (TPSA) is 106 Å². The Bertz CT molecular complexity index is 1350. The first kappa shape index (κ1) is 21.4. The molecule has 10 heteroatoms. The van der Waals surface area contributed by atoms with E-state index in [4.69, 9.17) is 9.26 Å². The highest BCUT2D eigenvalue weighted by molar-refractivity contribution is 7.93. The van der Waals surface area contributed by atoms with Gasteiger partial charge >= 0.3 is 0 Å². The van der Waals surface area contributed by atoms with Gasteiger partial charge in [0.15, 0.2) is 12.4 Å². The van der Waals surface area contributed by atoms with E-state index in [1.54, 1.807) is 13.0 Å². The zero-order chi connectivity index (χ0) is 23.3. The van der Waals surface area contributed by atoms with Gasteiger partial charge in [0, 0.05) is 18.5 Å². The standard InChI is InChI=1S/C23H24N4O5S/c1-4-22-24-21(25-32-22)12-26-18-9-14(2)20(11-19(18)31-13-23(26)28)33(29,30)27-15(3)10-16-7-5-6-8-17(16)27/h5-9,11,15H,4,10,12-13H2,1-3H3/t15-/m1/s1. The number of amides is 1. The van der Waals surface area contributed by atoms with Crippen LogP contribution in [0.4, 0.5) is 11.4 Å². The molecule has 1 amide bonds. The van der Waals surface area contributed by atoms with Gasteiger partial charge in [-0.15, -0.1) is 0 Å². The van der Waals surface area contributed by atoms with Crippen LogP contribution < -0.4 is 13.9 Å². The fourth-order valence-corrected chi connectivity index (χ4v) is 6.35. The van der Waals surface area contributed by atoms with Gasteiger partial charge in [-0.1, -0.05) is 30.3 Å². The first-order chi connectivity index (χ1) is 15.8. The van der Waals surface area contributed by atoms with E-state index in [1.165, 1.54) is 15.3 Å². The maximum Gasteiger partial charge on any atom is 0.265 e. The van der Waals surface area contributed by atoms with Gasteiger partial charge in [-0.05, 0) is 43.5 Å². The highest BCUT2D eigenvalue weighted by Gasteiger charge is 2.38. The number of rotatable bonds is 5. The maximum absolute atomic E-state index is 13.7. The summed E-state index contributed by atoms with van der Waals surface area (Å²) in [5.74, 6) is 0.939. The predicted octanol–water partition coefficient (Wildman–Crippen LogP) is 3.01. The first-order valence-electron chi connectivity index (χ1n) is 10.8. The van der Waals surface area contributed by atoms with Crippen molar-refractivity contribution in [2.24, 2.45) is 0 Å². The van der Waals surface area contributed by atoms with Gasteiger partial charge in [0.25, 0.3) is 15.9 Å². The number of aryl methyl sites for hydroxylation is 2. The second-order valence-electron chi connectivity index (χ2n) is 8.29. The molecule has 0 saturated heterocycles. The molecular weight excluding hydrogens is 444 g/mol. The van der Waals surface area contributed by atoms with E-state index in [0.29, 0.717) is 47.2 Å². The summed E-state index contributed by atoms with van der Waals surface area (Å²) in [5.41, 5.74) is 2.71. The fraction of sp³-hybridized carbons (Fsp3) is 0.348. The Balaban J connectivity index is 1.53. The molecular formula is C23H24N4O5S. The van der Waals surface area contributed by atoms with Gasteiger partial charge in [-0.2, -0.15) is 4.98 Å². The molecule has 0 aliphatic carbocycles. The molecule has 0 unspecified atom stereocenters. The molecule has 3 aromatic rings. The van der Waals surface area contributed by atoms with Gasteiger partial charge in [0.05, 0.1) is 22.8 Å². The minimum absolute atomic E-state index is 0.112. The zero-order valence-electron chi connectivity index (χ0n) is 18.6. The molecule has 5 rings (SSSR count). The number of hydrogen-bond donors (Lipinski definition) is 0. The van der Waals surface area contributed by atoms with E-state index in [-0.39, 0.29) is 30.0 Å². The van der Waals surface area contributed by atoms with Crippen LogP contribution in [0.2, 0.25) is 0 Å². The molecule has 1 aromatic heterocycles. The van der Waals surface area contributed by atoms with Crippen LogP contribution in [-0.4, -0.2) is 37.1 Å². The molecule has 172 valence electrons.